The average molecular weight is 360 g/mol. The fourth-order valence-electron chi connectivity index (χ4n) is 3.29. The van der Waals surface area contributed by atoms with Gasteiger partial charge in [-0.15, -0.1) is 0 Å². The molecule has 132 valence electrons. The molecule has 1 aliphatic heterocycles. The molecule has 3 heterocycles. The van der Waals surface area contributed by atoms with Crippen molar-refractivity contribution in [2.45, 2.75) is 44.6 Å². The highest BCUT2D eigenvalue weighted by Gasteiger charge is 2.28. The van der Waals surface area contributed by atoms with Crippen molar-refractivity contribution in [2.75, 3.05) is 18.4 Å². The standard InChI is InChI=1S/C18H22ClN5O/c1-11-8-16(23-17(21-11)12-2-3-12)22-14-4-6-24(7-5-14)18(25)15-9-13(19)10-20-15/h8-10,12,14,20H,2-7H2,1H3,(H,21,22,23). The number of amides is 1. The normalized spacial score (nSPS) is 18.4. The van der Waals surface area contributed by atoms with Gasteiger partial charge in [-0.3, -0.25) is 4.79 Å². The summed E-state index contributed by atoms with van der Waals surface area (Å²) in [5, 5.41) is 4.09. The Morgan fingerprint density at radius 1 is 1.24 bits per heavy atom. The summed E-state index contributed by atoms with van der Waals surface area (Å²) >= 11 is 5.88. The summed E-state index contributed by atoms with van der Waals surface area (Å²) in [6, 6.07) is 4.01. The van der Waals surface area contributed by atoms with Crippen LogP contribution >= 0.6 is 11.6 Å². The number of rotatable bonds is 4. The van der Waals surface area contributed by atoms with Gasteiger partial charge in [-0.1, -0.05) is 11.6 Å². The summed E-state index contributed by atoms with van der Waals surface area (Å²) in [5.74, 6) is 2.45. The lowest BCUT2D eigenvalue weighted by molar-refractivity contribution is 0.0713. The summed E-state index contributed by atoms with van der Waals surface area (Å²) in [5.41, 5.74) is 1.56. The van der Waals surface area contributed by atoms with E-state index in [1.807, 2.05) is 17.9 Å². The maximum absolute atomic E-state index is 12.4. The van der Waals surface area contributed by atoms with Crippen LogP contribution in [0.1, 0.15) is 53.6 Å². The van der Waals surface area contributed by atoms with E-state index in [0.29, 0.717) is 22.7 Å². The number of H-pyrrole nitrogens is 1. The first-order valence-corrected chi connectivity index (χ1v) is 9.21. The van der Waals surface area contributed by atoms with Crippen LogP contribution < -0.4 is 5.32 Å². The molecule has 1 aliphatic carbocycles. The van der Waals surface area contributed by atoms with Gasteiger partial charge in [-0.25, -0.2) is 9.97 Å². The molecular weight excluding hydrogens is 338 g/mol. The largest absolute Gasteiger partial charge is 0.367 e. The molecule has 1 saturated carbocycles. The molecule has 2 aliphatic rings. The summed E-state index contributed by atoms with van der Waals surface area (Å²) in [4.78, 5) is 26.5. The molecule has 1 saturated heterocycles. The molecule has 0 radical (unpaired) electrons. The molecule has 0 bridgehead atoms. The minimum atomic E-state index is 0.0132. The van der Waals surface area contributed by atoms with E-state index >= 15 is 0 Å². The molecule has 6 nitrogen and oxygen atoms in total. The zero-order valence-corrected chi connectivity index (χ0v) is 15.0. The van der Waals surface area contributed by atoms with Crippen LogP contribution in [-0.4, -0.2) is 44.9 Å². The van der Waals surface area contributed by atoms with E-state index < -0.39 is 0 Å². The number of carbonyl (C=O) groups excluding carboxylic acids is 1. The fraction of sp³-hybridized carbons (Fsp3) is 0.500. The molecule has 2 N–H and O–H groups in total. The summed E-state index contributed by atoms with van der Waals surface area (Å²) < 4.78 is 0. The average Bonchev–Trinajstić information content (AvgIpc) is 3.36. The number of nitrogens with one attached hydrogen (secondary N) is 2. The first kappa shape index (κ1) is 16.4. The lowest BCUT2D eigenvalue weighted by Gasteiger charge is -2.32. The number of anilines is 1. The van der Waals surface area contributed by atoms with Crippen LogP contribution in [0.25, 0.3) is 0 Å². The summed E-state index contributed by atoms with van der Waals surface area (Å²) in [6.45, 7) is 3.47. The van der Waals surface area contributed by atoms with E-state index in [1.165, 1.54) is 12.8 Å². The van der Waals surface area contributed by atoms with E-state index in [4.69, 9.17) is 11.6 Å². The van der Waals surface area contributed by atoms with Crippen LogP contribution in [0.15, 0.2) is 18.3 Å². The lowest BCUT2D eigenvalue weighted by atomic mass is 10.0. The Hall–Kier alpha value is -2.08. The zero-order valence-electron chi connectivity index (χ0n) is 14.3. The van der Waals surface area contributed by atoms with Crippen LogP contribution in [0.2, 0.25) is 5.02 Å². The van der Waals surface area contributed by atoms with Crippen molar-refractivity contribution < 1.29 is 4.79 Å². The van der Waals surface area contributed by atoms with Gasteiger partial charge in [0, 0.05) is 43.0 Å². The smallest absolute Gasteiger partial charge is 0.270 e. The maximum atomic E-state index is 12.4. The predicted octanol–water partition coefficient (Wildman–Crippen LogP) is 3.36. The molecule has 2 fully saturated rings. The van der Waals surface area contributed by atoms with Gasteiger partial charge >= 0.3 is 0 Å². The third kappa shape index (κ3) is 3.79. The van der Waals surface area contributed by atoms with E-state index in [1.54, 1.807) is 12.3 Å². The van der Waals surface area contributed by atoms with Crippen LogP contribution in [0.5, 0.6) is 0 Å². The van der Waals surface area contributed by atoms with Gasteiger partial charge in [0.15, 0.2) is 0 Å². The molecule has 7 heteroatoms. The van der Waals surface area contributed by atoms with Gasteiger partial charge in [0.05, 0.1) is 5.02 Å². The molecule has 1 amide bonds. The van der Waals surface area contributed by atoms with Crippen molar-refractivity contribution in [1.82, 2.24) is 19.9 Å². The summed E-state index contributed by atoms with van der Waals surface area (Å²) in [7, 11) is 0. The van der Waals surface area contributed by atoms with Crippen molar-refractivity contribution in [3.05, 3.63) is 40.6 Å². The minimum Gasteiger partial charge on any atom is -0.367 e. The SMILES string of the molecule is Cc1cc(NC2CCN(C(=O)c3cc(Cl)c[nH]3)CC2)nc(C2CC2)n1. The topological polar surface area (TPSA) is 73.9 Å². The minimum absolute atomic E-state index is 0.0132. The van der Waals surface area contributed by atoms with Crippen molar-refractivity contribution in [3.63, 3.8) is 0 Å². The lowest BCUT2D eigenvalue weighted by Crippen LogP contribution is -2.42. The second kappa shape index (κ2) is 6.67. The first-order valence-electron chi connectivity index (χ1n) is 8.84. The van der Waals surface area contributed by atoms with Crippen LogP contribution in [0.4, 0.5) is 5.82 Å². The number of nitrogens with zero attached hydrogens (tertiary/aromatic N) is 3. The zero-order chi connectivity index (χ0) is 17.4. The third-order valence-corrected chi connectivity index (χ3v) is 5.04. The van der Waals surface area contributed by atoms with Gasteiger partial charge in [0.1, 0.15) is 17.3 Å². The molecule has 0 spiro atoms. The molecule has 0 atom stereocenters. The van der Waals surface area contributed by atoms with E-state index in [0.717, 1.165) is 43.3 Å². The monoisotopic (exact) mass is 359 g/mol. The molecule has 2 aromatic rings. The Morgan fingerprint density at radius 2 is 2.00 bits per heavy atom. The quantitative estimate of drug-likeness (QED) is 0.877. The molecular formula is C18H22ClN5O. The number of aromatic amines is 1. The second-order valence-corrected chi connectivity index (χ2v) is 7.41. The van der Waals surface area contributed by atoms with E-state index in [2.05, 4.69) is 20.3 Å². The number of carbonyl (C=O) groups is 1. The van der Waals surface area contributed by atoms with E-state index in [9.17, 15) is 4.79 Å². The predicted molar refractivity (Wildman–Crippen MR) is 97.1 cm³/mol. The van der Waals surface area contributed by atoms with Gasteiger partial charge < -0.3 is 15.2 Å². The number of likely N-dealkylation sites (tertiary alicyclic amines) is 1. The number of aromatic nitrogens is 3. The Morgan fingerprint density at radius 3 is 2.64 bits per heavy atom. The number of piperidine rings is 1. The number of hydrogen-bond acceptors (Lipinski definition) is 4. The Balaban J connectivity index is 1.35. The number of hydrogen-bond donors (Lipinski definition) is 2. The Kier molecular flexibility index (Phi) is 4.37. The molecule has 2 aromatic heterocycles. The Labute approximate surface area is 152 Å². The fourth-order valence-corrected chi connectivity index (χ4v) is 3.45. The highest BCUT2D eigenvalue weighted by molar-refractivity contribution is 6.30. The van der Waals surface area contributed by atoms with Crippen LogP contribution in [-0.2, 0) is 0 Å². The number of aryl methyl sites for hydroxylation is 1. The van der Waals surface area contributed by atoms with Gasteiger partial charge in [0.25, 0.3) is 5.91 Å². The maximum Gasteiger partial charge on any atom is 0.270 e. The molecule has 0 unspecified atom stereocenters. The third-order valence-electron chi connectivity index (χ3n) is 4.83. The highest BCUT2D eigenvalue weighted by atomic mass is 35.5. The van der Waals surface area contributed by atoms with Crippen molar-refractivity contribution in [1.29, 1.82) is 0 Å². The van der Waals surface area contributed by atoms with E-state index in [-0.39, 0.29) is 5.91 Å². The Bertz CT molecular complexity index is 778. The molecule has 4 rings (SSSR count). The van der Waals surface area contributed by atoms with Gasteiger partial charge in [0.2, 0.25) is 0 Å². The highest BCUT2D eigenvalue weighted by Crippen LogP contribution is 2.38. The van der Waals surface area contributed by atoms with Crippen molar-refractivity contribution in [2.24, 2.45) is 0 Å². The summed E-state index contributed by atoms with van der Waals surface area (Å²) in [6.07, 6.45) is 5.85. The van der Waals surface area contributed by atoms with Gasteiger partial charge in [-0.2, -0.15) is 0 Å². The molecule has 25 heavy (non-hydrogen) atoms. The van der Waals surface area contributed by atoms with Crippen molar-refractivity contribution >= 4 is 23.3 Å². The van der Waals surface area contributed by atoms with Crippen molar-refractivity contribution in [3.8, 4) is 0 Å². The van der Waals surface area contributed by atoms with Crippen LogP contribution in [0.3, 0.4) is 0 Å². The second-order valence-electron chi connectivity index (χ2n) is 6.97. The van der Waals surface area contributed by atoms with Gasteiger partial charge in [-0.05, 0) is 38.7 Å². The number of halogens is 1. The molecule has 0 aromatic carbocycles. The first-order chi connectivity index (χ1) is 12.1. The van der Waals surface area contributed by atoms with Crippen LogP contribution in [0, 0.1) is 6.92 Å².